The zero-order valence-corrected chi connectivity index (χ0v) is 13.6. The first kappa shape index (κ1) is 15.4. The SMILES string of the molecule is CC(C)n1nc(-c2c(C(C)(C)O)nn3ccncc23)ccc1=O. The van der Waals surface area contributed by atoms with Gasteiger partial charge in [0.15, 0.2) is 0 Å². The van der Waals surface area contributed by atoms with Crippen LogP contribution in [-0.4, -0.2) is 29.5 Å². The summed E-state index contributed by atoms with van der Waals surface area (Å²) >= 11 is 0. The minimum Gasteiger partial charge on any atom is -0.384 e. The second-order valence-electron chi connectivity index (χ2n) is 6.28. The maximum atomic E-state index is 11.9. The largest absolute Gasteiger partial charge is 0.384 e. The molecule has 0 saturated heterocycles. The van der Waals surface area contributed by atoms with E-state index in [-0.39, 0.29) is 11.6 Å². The lowest BCUT2D eigenvalue weighted by Crippen LogP contribution is -2.24. The van der Waals surface area contributed by atoms with E-state index in [4.69, 9.17) is 0 Å². The number of rotatable bonds is 3. The number of nitrogens with zero attached hydrogens (tertiary/aromatic N) is 5. The minimum absolute atomic E-state index is 0.0620. The number of aliphatic hydroxyl groups is 1. The highest BCUT2D eigenvalue weighted by atomic mass is 16.3. The summed E-state index contributed by atoms with van der Waals surface area (Å²) in [5, 5.41) is 19.4. The van der Waals surface area contributed by atoms with E-state index < -0.39 is 5.60 Å². The third-order valence-corrected chi connectivity index (χ3v) is 3.59. The quantitative estimate of drug-likeness (QED) is 0.796. The van der Waals surface area contributed by atoms with Crippen molar-refractivity contribution in [1.29, 1.82) is 0 Å². The zero-order chi connectivity index (χ0) is 16.8. The molecule has 0 saturated carbocycles. The molecule has 0 radical (unpaired) electrons. The summed E-state index contributed by atoms with van der Waals surface area (Å²) in [5.74, 6) is 0. The van der Waals surface area contributed by atoms with E-state index in [2.05, 4.69) is 15.2 Å². The first-order chi connectivity index (χ1) is 10.8. The van der Waals surface area contributed by atoms with E-state index in [0.29, 0.717) is 17.0 Å². The Labute approximate surface area is 133 Å². The van der Waals surface area contributed by atoms with Gasteiger partial charge in [0, 0.05) is 18.5 Å². The van der Waals surface area contributed by atoms with Gasteiger partial charge >= 0.3 is 0 Å². The van der Waals surface area contributed by atoms with Gasteiger partial charge in [0.25, 0.3) is 5.56 Å². The summed E-state index contributed by atoms with van der Waals surface area (Å²) < 4.78 is 3.07. The maximum absolute atomic E-state index is 11.9. The fourth-order valence-electron chi connectivity index (χ4n) is 2.51. The van der Waals surface area contributed by atoms with Crippen molar-refractivity contribution in [1.82, 2.24) is 24.4 Å². The summed E-state index contributed by atoms with van der Waals surface area (Å²) in [7, 11) is 0. The summed E-state index contributed by atoms with van der Waals surface area (Å²) in [4.78, 5) is 16.1. The highest BCUT2D eigenvalue weighted by Crippen LogP contribution is 2.32. The van der Waals surface area contributed by atoms with Crippen LogP contribution in [0.2, 0.25) is 0 Å². The van der Waals surface area contributed by atoms with Gasteiger partial charge in [0.1, 0.15) is 11.3 Å². The van der Waals surface area contributed by atoms with Crippen LogP contribution < -0.4 is 5.56 Å². The fourth-order valence-corrected chi connectivity index (χ4v) is 2.51. The molecule has 0 unspecified atom stereocenters. The summed E-state index contributed by atoms with van der Waals surface area (Å²) in [6.07, 6.45) is 5.01. The lowest BCUT2D eigenvalue weighted by molar-refractivity contribution is 0.0741. The molecule has 0 bridgehead atoms. The average molecular weight is 313 g/mol. The predicted octanol–water partition coefficient (Wildman–Crippen LogP) is 1.76. The Hall–Kier alpha value is -2.54. The van der Waals surface area contributed by atoms with E-state index >= 15 is 0 Å². The molecular weight excluding hydrogens is 294 g/mol. The zero-order valence-electron chi connectivity index (χ0n) is 13.6. The number of hydrogen-bond acceptors (Lipinski definition) is 5. The molecule has 0 amide bonds. The standard InChI is InChI=1S/C16H19N5O2/c1-10(2)21-13(22)6-5-11(18-21)14-12-9-17-7-8-20(12)19-15(14)16(3,4)23/h5-10,23H,1-4H3. The van der Waals surface area contributed by atoms with Gasteiger partial charge in [-0.25, -0.2) is 9.20 Å². The molecule has 7 nitrogen and oxygen atoms in total. The Kier molecular flexibility index (Phi) is 3.52. The van der Waals surface area contributed by atoms with Crippen molar-refractivity contribution in [2.24, 2.45) is 0 Å². The topological polar surface area (TPSA) is 85.3 Å². The van der Waals surface area contributed by atoms with Gasteiger partial charge in [-0.1, -0.05) is 0 Å². The van der Waals surface area contributed by atoms with Gasteiger partial charge in [-0.15, -0.1) is 0 Å². The third-order valence-electron chi connectivity index (χ3n) is 3.59. The Morgan fingerprint density at radius 3 is 2.61 bits per heavy atom. The molecule has 0 aromatic carbocycles. The normalized spacial score (nSPS) is 12.3. The van der Waals surface area contributed by atoms with Gasteiger partial charge < -0.3 is 5.11 Å². The first-order valence-electron chi connectivity index (χ1n) is 7.44. The van der Waals surface area contributed by atoms with Crippen LogP contribution in [-0.2, 0) is 5.60 Å². The van der Waals surface area contributed by atoms with E-state index in [1.54, 1.807) is 43.0 Å². The molecule has 120 valence electrons. The first-order valence-corrected chi connectivity index (χ1v) is 7.44. The maximum Gasteiger partial charge on any atom is 0.267 e. The molecule has 1 N–H and O–H groups in total. The Bertz CT molecular complexity index is 918. The monoisotopic (exact) mass is 313 g/mol. The van der Waals surface area contributed by atoms with Crippen molar-refractivity contribution in [3.63, 3.8) is 0 Å². The Morgan fingerprint density at radius 1 is 1.22 bits per heavy atom. The second-order valence-corrected chi connectivity index (χ2v) is 6.28. The molecular formula is C16H19N5O2. The van der Waals surface area contributed by atoms with Crippen LogP contribution in [0.5, 0.6) is 0 Å². The van der Waals surface area contributed by atoms with Crippen molar-refractivity contribution in [3.8, 4) is 11.3 Å². The molecule has 0 spiro atoms. The van der Waals surface area contributed by atoms with Crippen LogP contribution in [0.3, 0.4) is 0 Å². The highest BCUT2D eigenvalue weighted by molar-refractivity contribution is 5.80. The summed E-state index contributed by atoms with van der Waals surface area (Å²) in [6, 6.07) is 3.07. The van der Waals surface area contributed by atoms with Crippen LogP contribution >= 0.6 is 0 Å². The summed E-state index contributed by atoms with van der Waals surface area (Å²) in [5.41, 5.74) is 1.17. The van der Waals surface area contributed by atoms with Gasteiger partial charge in [-0.3, -0.25) is 9.78 Å². The van der Waals surface area contributed by atoms with Crippen molar-refractivity contribution < 1.29 is 5.11 Å². The molecule has 7 heteroatoms. The molecule has 0 atom stereocenters. The molecule has 0 aliphatic carbocycles. The number of hydrogen-bond donors (Lipinski definition) is 1. The smallest absolute Gasteiger partial charge is 0.267 e. The van der Waals surface area contributed by atoms with Gasteiger partial charge in [0.2, 0.25) is 0 Å². The van der Waals surface area contributed by atoms with Crippen LogP contribution in [0.4, 0.5) is 0 Å². The van der Waals surface area contributed by atoms with Crippen molar-refractivity contribution in [2.75, 3.05) is 0 Å². The van der Waals surface area contributed by atoms with Crippen LogP contribution in [0, 0.1) is 0 Å². The lowest BCUT2D eigenvalue weighted by atomic mass is 9.98. The van der Waals surface area contributed by atoms with E-state index in [9.17, 15) is 9.90 Å². The van der Waals surface area contributed by atoms with E-state index in [1.165, 1.54) is 10.7 Å². The molecule has 23 heavy (non-hydrogen) atoms. The van der Waals surface area contributed by atoms with Crippen LogP contribution in [0.1, 0.15) is 39.4 Å². The van der Waals surface area contributed by atoms with Crippen LogP contribution in [0.25, 0.3) is 16.8 Å². The van der Waals surface area contributed by atoms with E-state index in [0.717, 1.165) is 5.52 Å². The van der Waals surface area contributed by atoms with Crippen molar-refractivity contribution in [3.05, 3.63) is 46.8 Å². The average Bonchev–Trinajstić information content (AvgIpc) is 2.87. The minimum atomic E-state index is -1.15. The van der Waals surface area contributed by atoms with Crippen LogP contribution in [0.15, 0.2) is 35.5 Å². The van der Waals surface area contributed by atoms with Gasteiger partial charge in [-0.2, -0.15) is 10.2 Å². The molecule has 0 aliphatic heterocycles. The predicted molar refractivity (Wildman–Crippen MR) is 86.1 cm³/mol. The van der Waals surface area contributed by atoms with Gasteiger partial charge in [-0.05, 0) is 33.8 Å². The lowest BCUT2D eigenvalue weighted by Gasteiger charge is -2.17. The van der Waals surface area contributed by atoms with Crippen molar-refractivity contribution in [2.45, 2.75) is 39.3 Å². The number of aromatic nitrogens is 5. The highest BCUT2D eigenvalue weighted by Gasteiger charge is 2.28. The molecule has 3 rings (SSSR count). The molecule has 3 aromatic heterocycles. The Balaban J connectivity index is 2.35. The molecule has 0 aliphatic rings. The van der Waals surface area contributed by atoms with E-state index in [1.807, 2.05) is 13.8 Å². The third kappa shape index (κ3) is 2.63. The Morgan fingerprint density at radius 2 is 1.96 bits per heavy atom. The van der Waals surface area contributed by atoms with Gasteiger partial charge in [0.05, 0.1) is 29.0 Å². The molecule has 0 fully saturated rings. The fraction of sp³-hybridized carbons (Fsp3) is 0.375. The summed E-state index contributed by atoms with van der Waals surface area (Å²) in [6.45, 7) is 7.13. The molecule has 3 heterocycles. The molecule has 3 aromatic rings. The van der Waals surface area contributed by atoms with Crippen molar-refractivity contribution >= 4 is 5.52 Å². The number of fused-ring (bicyclic) bond motifs is 1. The second kappa shape index (κ2) is 5.27.